The molecule has 2 N–H and O–H groups in total. The minimum atomic E-state index is 0.209. The summed E-state index contributed by atoms with van der Waals surface area (Å²) in [4.78, 5) is 0. The molecule has 3 heteroatoms. The number of hydrogen-bond donors (Lipinski definition) is 2. The third kappa shape index (κ3) is 2.40. The Balaban J connectivity index is 2.72. The summed E-state index contributed by atoms with van der Waals surface area (Å²) >= 11 is 5.87. The largest absolute Gasteiger partial charge is 0.508 e. The fourth-order valence-corrected chi connectivity index (χ4v) is 1.18. The van der Waals surface area contributed by atoms with Crippen LogP contribution in [-0.4, -0.2) is 11.7 Å². The average Bonchev–Trinajstić information content (AvgIpc) is 2.03. The highest BCUT2D eigenvalue weighted by Crippen LogP contribution is 2.20. The van der Waals surface area contributed by atoms with Crippen LogP contribution in [0.2, 0.25) is 5.02 Å². The van der Waals surface area contributed by atoms with E-state index in [9.17, 15) is 0 Å². The molecule has 12 heavy (non-hydrogen) atoms. The van der Waals surface area contributed by atoms with Crippen LogP contribution in [0.1, 0.15) is 12.5 Å². The molecule has 0 spiro atoms. The van der Waals surface area contributed by atoms with Gasteiger partial charge in [0.2, 0.25) is 0 Å². The molecule has 0 atom stereocenters. The number of aromatic hydroxyl groups is 1. The van der Waals surface area contributed by atoms with Gasteiger partial charge < -0.3 is 10.4 Å². The molecule has 0 aromatic heterocycles. The molecule has 1 aromatic carbocycles. The maximum Gasteiger partial charge on any atom is 0.117 e. The summed E-state index contributed by atoms with van der Waals surface area (Å²) in [6.07, 6.45) is 0. The van der Waals surface area contributed by atoms with Gasteiger partial charge in [-0.2, -0.15) is 0 Å². The lowest BCUT2D eigenvalue weighted by Gasteiger charge is -2.04. The van der Waals surface area contributed by atoms with E-state index in [1.54, 1.807) is 12.1 Å². The SMILES string of the molecule is CCNCc1ccc(O)cc1Cl. The zero-order valence-corrected chi connectivity index (χ0v) is 7.73. The van der Waals surface area contributed by atoms with Crippen LogP contribution in [0, 0.1) is 0 Å². The van der Waals surface area contributed by atoms with Crippen molar-refractivity contribution in [2.24, 2.45) is 0 Å². The van der Waals surface area contributed by atoms with Gasteiger partial charge in [-0.3, -0.25) is 0 Å². The molecule has 2 nitrogen and oxygen atoms in total. The summed E-state index contributed by atoms with van der Waals surface area (Å²) in [6, 6.07) is 5.01. The Bertz CT molecular complexity index is 263. The van der Waals surface area contributed by atoms with Crippen LogP contribution in [0.15, 0.2) is 18.2 Å². The normalized spacial score (nSPS) is 10.2. The van der Waals surface area contributed by atoms with Gasteiger partial charge in [0, 0.05) is 11.6 Å². The molecule has 0 amide bonds. The second kappa shape index (κ2) is 4.33. The molecule has 0 radical (unpaired) electrons. The molecule has 0 fully saturated rings. The highest BCUT2D eigenvalue weighted by atomic mass is 35.5. The molecule has 1 rings (SSSR count). The molecule has 0 aliphatic carbocycles. The fraction of sp³-hybridized carbons (Fsp3) is 0.333. The highest BCUT2D eigenvalue weighted by molar-refractivity contribution is 6.31. The van der Waals surface area contributed by atoms with Gasteiger partial charge in [0.15, 0.2) is 0 Å². The van der Waals surface area contributed by atoms with Gasteiger partial charge in [0.05, 0.1) is 0 Å². The van der Waals surface area contributed by atoms with Crippen LogP contribution in [-0.2, 0) is 6.54 Å². The van der Waals surface area contributed by atoms with E-state index in [0.29, 0.717) is 5.02 Å². The van der Waals surface area contributed by atoms with Crippen molar-refractivity contribution in [1.29, 1.82) is 0 Å². The van der Waals surface area contributed by atoms with Crippen molar-refractivity contribution in [3.8, 4) is 5.75 Å². The minimum absolute atomic E-state index is 0.209. The molecule has 0 heterocycles. The van der Waals surface area contributed by atoms with E-state index < -0.39 is 0 Å². The number of phenols is 1. The van der Waals surface area contributed by atoms with Gasteiger partial charge in [-0.05, 0) is 24.2 Å². The number of rotatable bonds is 3. The van der Waals surface area contributed by atoms with Crippen LogP contribution in [0.5, 0.6) is 5.75 Å². The first kappa shape index (κ1) is 9.36. The van der Waals surface area contributed by atoms with Gasteiger partial charge >= 0.3 is 0 Å². The zero-order chi connectivity index (χ0) is 8.97. The molecule has 0 saturated carbocycles. The van der Waals surface area contributed by atoms with Crippen LogP contribution in [0.25, 0.3) is 0 Å². The maximum atomic E-state index is 9.06. The van der Waals surface area contributed by atoms with Crippen molar-refractivity contribution in [3.63, 3.8) is 0 Å². The summed E-state index contributed by atoms with van der Waals surface area (Å²) in [5.74, 6) is 0.209. The lowest BCUT2D eigenvalue weighted by molar-refractivity contribution is 0.475. The van der Waals surface area contributed by atoms with Crippen LogP contribution < -0.4 is 5.32 Å². The quantitative estimate of drug-likeness (QED) is 0.757. The summed E-state index contributed by atoms with van der Waals surface area (Å²) in [5.41, 5.74) is 1.01. The van der Waals surface area contributed by atoms with E-state index in [1.807, 2.05) is 13.0 Å². The van der Waals surface area contributed by atoms with Gasteiger partial charge in [-0.15, -0.1) is 0 Å². The highest BCUT2D eigenvalue weighted by Gasteiger charge is 1.99. The van der Waals surface area contributed by atoms with Crippen LogP contribution in [0.3, 0.4) is 0 Å². The van der Waals surface area contributed by atoms with Crippen molar-refractivity contribution < 1.29 is 5.11 Å². The Morgan fingerprint density at radius 1 is 1.50 bits per heavy atom. The van der Waals surface area contributed by atoms with E-state index in [0.717, 1.165) is 18.7 Å². The summed E-state index contributed by atoms with van der Waals surface area (Å²) in [7, 11) is 0. The lowest BCUT2D eigenvalue weighted by atomic mass is 10.2. The van der Waals surface area contributed by atoms with Crippen molar-refractivity contribution in [3.05, 3.63) is 28.8 Å². The third-order valence-corrected chi connectivity index (χ3v) is 1.95. The van der Waals surface area contributed by atoms with Crippen molar-refractivity contribution in [1.82, 2.24) is 5.32 Å². The maximum absolute atomic E-state index is 9.06. The first-order valence-corrected chi connectivity index (χ1v) is 4.30. The van der Waals surface area contributed by atoms with Gasteiger partial charge in [-0.25, -0.2) is 0 Å². The molecule has 0 aliphatic heterocycles. The van der Waals surface area contributed by atoms with Crippen molar-refractivity contribution >= 4 is 11.6 Å². The number of phenolic OH excluding ortho intramolecular Hbond substituents is 1. The number of hydrogen-bond acceptors (Lipinski definition) is 2. The Morgan fingerprint density at radius 2 is 2.25 bits per heavy atom. The first-order valence-electron chi connectivity index (χ1n) is 3.92. The Hall–Kier alpha value is -0.730. The van der Waals surface area contributed by atoms with Crippen LogP contribution >= 0.6 is 11.6 Å². The molecule has 1 aromatic rings. The van der Waals surface area contributed by atoms with Crippen molar-refractivity contribution in [2.75, 3.05) is 6.54 Å². The third-order valence-electron chi connectivity index (χ3n) is 1.60. The monoisotopic (exact) mass is 185 g/mol. The Kier molecular flexibility index (Phi) is 3.38. The standard InChI is InChI=1S/C9H12ClNO/c1-2-11-6-7-3-4-8(12)5-9(7)10/h3-5,11-12H,2,6H2,1H3. The molecule has 0 aliphatic rings. The van der Waals surface area contributed by atoms with E-state index in [1.165, 1.54) is 0 Å². The van der Waals surface area contributed by atoms with E-state index in [-0.39, 0.29) is 5.75 Å². The van der Waals surface area contributed by atoms with E-state index in [4.69, 9.17) is 16.7 Å². The Morgan fingerprint density at radius 3 is 2.83 bits per heavy atom. The lowest BCUT2D eigenvalue weighted by Crippen LogP contribution is -2.11. The molecule has 0 saturated heterocycles. The van der Waals surface area contributed by atoms with Gasteiger partial charge in [-0.1, -0.05) is 24.6 Å². The predicted octanol–water partition coefficient (Wildman–Crippen LogP) is 2.16. The number of halogens is 1. The summed E-state index contributed by atoms with van der Waals surface area (Å²) < 4.78 is 0. The van der Waals surface area contributed by atoms with Gasteiger partial charge in [0.1, 0.15) is 5.75 Å². The molecular formula is C9H12ClNO. The smallest absolute Gasteiger partial charge is 0.117 e. The van der Waals surface area contributed by atoms with E-state index >= 15 is 0 Å². The predicted molar refractivity (Wildman–Crippen MR) is 50.5 cm³/mol. The van der Waals surface area contributed by atoms with Gasteiger partial charge in [0.25, 0.3) is 0 Å². The van der Waals surface area contributed by atoms with E-state index in [2.05, 4.69) is 5.32 Å². The first-order chi connectivity index (χ1) is 5.74. The zero-order valence-electron chi connectivity index (χ0n) is 6.97. The molecule has 0 bridgehead atoms. The number of nitrogens with one attached hydrogen (secondary N) is 1. The molecule has 66 valence electrons. The molecule has 0 unspecified atom stereocenters. The van der Waals surface area contributed by atoms with Crippen molar-refractivity contribution in [2.45, 2.75) is 13.5 Å². The number of benzene rings is 1. The second-order valence-electron chi connectivity index (χ2n) is 2.56. The topological polar surface area (TPSA) is 32.3 Å². The summed E-state index contributed by atoms with van der Waals surface area (Å²) in [6.45, 7) is 3.70. The minimum Gasteiger partial charge on any atom is -0.508 e. The summed E-state index contributed by atoms with van der Waals surface area (Å²) in [5, 5.41) is 12.8. The fourth-order valence-electron chi connectivity index (χ4n) is 0.939. The Labute approximate surface area is 77.2 Å². The average molecular weight is 186 g/mol. The second-order valence-corrected chi connectivity index (χ2v) is 2.96. The molecular weight excluding hydrogens is 174 g/mol. The van der Waals surface area contributed by atoms with Crippen LogP contribution in [0.4, 0.5) is 0 Å².